The van der Waals surface area contributed by atoms with E-state index in [0.717, 1.165) is 75.1 Å². The maximum Gasteiger partial charge on any atom is 0.231 e. The van der Waals surface area contributed by atoms with Gasteiger partial charge >= 0.3 is 0 Å². The Morgan fingerprint density at radius 1 is 1.15 bits per heavy atom. The number of rotatable bonds is 5. The van der Waals surface area contributed by atoms with Gasteiger partial charge in [0.25, 0.3) is 0 Å². The maximum absolute atomic E-state index is 13.0. The van der Waals surface area contributed by atoms with Crippen LogP contribution in [-0.4, -0.2) is 36.3 Å². The van der Waals surface area contributed by atoms with Crippen LogP contribution in [0.5, 0.6) is 0 Å². The van der Waals surface area contributed by atoms with Crippen molar-refractivity contribution in [3.8, 4) is 0 Å². The Morgan fingerprint density at radius 3 is 2.48 bits per heavy atom. The highest BCUT2D eigenvalue weighted by molar-refractivity contribution is 5.98. The number of nitrogens with one attached hydrogen (secondary N) is 2. The lowest BCUT2D eigenvalue weighted by atomic mass is 9.81. The third-order valence-electron chi connectivity index (χ3n) is 6.34. The molecule has 2 aliphatic rings. The zero-order chi connectivity index (χ0) is 19.4. The quantitative estimate of drug-likeness (QED) is 0.816. The van der Waals surface area contributed by atoms with Crippen molar-refractivity contribution in [3.05, 3.63) is 23.8 Å². The van der Waals surface area contributed by atoms with E-state index in [1.165, 1.54) is 0 Å². The molecule has 1 saturated heterocycles. The Labute approximate surface area is 162 Å². The number of carbonyl (C=O) groups is 2. The summed E-state index contributed by atoms with van der Waals surface area (Å²) in [5, 5.41) is 6.20. The summed E-state index contributed by atoms with van der Waals surface area (Å²) in [6.45, 7) is 9.01. The Morgan fingerprint density at radius 2 is 1.81 bits per heavy atom. The molecule has 3 rings (SSSR count). The average molecular weight is 372 g/mol. The van der Waals surface area contributed by atoms with Crippen molar-refractivity contribution in [2.45, 2.75) is 59.3 Å². The third-order valence-corrected chi connectivity index (χ3v) is 6.34. The standard InChI is InChI=1S/C22H33N3O2/c1-4-25-14-8-13-22(3,15-25)21(27)24-19-12-7-11-18(16(19)2)23-20(26)17-9-5-6-10-17/h7,11-12,17H,4-6,8-10,13-15H2,1-3H3,(H,23,26)(H,24,27). The minimum Gasteiger partial charge on any atom is -0.326 e. The summed E-state index contributed by atoms with van der Waals surface area (Å²) >= 11 is 0. The minimum atomic E-state index is -0.371. The molecule has 0 aromatic heterocycles. The topological polar surface area (TPSA) is 61.4 Å². The van der Waals surface area contributed by atoms with Crippen LogP contribution in [0.15, 0.2) is 18.2 Å². The summed E-state index contributed by atoms with van der Waals surface area (Å²) in [4.78, 5) is 27.8. The number of carbonyl (C=O) groups excluding carboxylic acids is 2. The second kappa shape index (κ2) is 8.42. The van der Waals surface area contributed by atoms with E-state index in [1.54, 1.807) is 0 Å². The highest BCUT2D eigenvalue weighted by atomic mass is 16.2. The SMILES string of the molecule is CCN1CCCC(C)(C(=O)Nc2cccc(NC(=O)C3CCCC3)c2C)C1. The fraction of sp³-hybridized carbons (Fsp3) is 0.636. The first-order chi connectivity index (χ1) is 12.9. The van der Waals surface area contributed by atoms with Gasteiger partial charge in [0.1, 0.15) is 0 Å². The van der Waals surface area contributed by atoms with Gasteiger partial charge in [-0.1, -0.05) is 25.8 Å². The van der Waals surface area contributed by atoms with Crippen LogP contribution in [-0.2, 0) is 9.59 Å². The molecule has 2 N–H and O–H groups in total. The first-order valence-electron chi connectivity index (χ1n) is 10.4. The smallest absolute Gasteiger partial charge is 0.231 e. The van der Waals surface area contributed by atoms with E-state index in [4.69, 9.17) is 0 Å². The van der Waals surface area contributed by atoms with Crippen molar-refractivity contribution in [3.63, 3.8) is 0 Å². The van der Waals surface area contributed by atoms with Crippen LogP contribution < -0.4 is 10.6 Å². The highest BCUT2D eigenvalue weighted by Crippen LogP contribution is 2.33. The number of amides is 2. The number of nitrogens with zero attached hydrogens (tertiary/aromatic N) is 1. The van der Waals surface area contributed by atoms with E-state index in [1.807, 2.05) is 25.1 Å². The molecule has 0 radical (unpaired) electrons. The van der Waals surface area contributed by atoms with Crippen molar-refractivity contribution in [2.75, 3.05) is 30.3 Å². The van der Waals surface area contributed by atoms with Crippen LogP contribution in [0.4, 0.5) is 11.4 Å². The lowest BCUT2D eigenvalue weighted by Crippen LogP contribution is -2.48. The molecule has 1 atom stereocenters. The second-order valence-electron chi connectivity index (χ2n) is 8.44. The number of benzene rings is 1. The van der Waals surface area contributed by atoms with Crippen LogP contribution >= 0.6 is 0 Å². The van der Waals surface area contributed by atoms with Crippen molar-refractivity contribution < 1.29 is 9.59 Å². The van der Waals surface area contributed by atoms with E-state index in [2.05, 4.69) is 29.4 Å². The monoisotopic (exact) mass is 371 g/mol. The molecule has 148 valence electrons. The molecule has 27 heavy (non-hydrogen) atoms. The van der Waals surface area contributed by atoms with Crippen LogP contribution in [0.3, 0.4) is 0 Å². The van der Waals surface area contributed by atoms with Crippen molar-refractivity contribution in [1.82, 2.24) is 4.90 Å². The van der Waals surface area contributed by atoms with Gasteiger partial charge in [0.05, 0.1) is 5.41 Å². The molecular weight excluding hydrogens is 338 g/mol. The molecule has 0 spiro atoms. The molecule has 5 heteroatoms. The molecule has 1 heterocycles. The average Bonchev–Trinajstić information content (AvgIpc) is 3.19. The summed E-state index contributed by atoms with van der Waals surface area (Å²) in [5.41, 5.74) is 2.14. The molecule has 1 aliphatic heterocycles. The van der Waals surface area contributed by atoms with Gasteiger partial charge in [-0.3, -0.25) is 9.59 Å². The van der Waals surface area contributed by atoms with Gasteiger partial charge in [0.2, 0.25) is 11.8 Å². The number of anilines is 2. The molecule has 1 aliphatic carbocycles. The highest BCUT2D eigenvalue weighted by Gasteiger charge is 2.37. The van der Waals surface area contributed by atoms with Gasteiger partial charge in [-0.2, -0.15) is 0 Å². The lowest BCUT2D eigenvalue weighted by Gasteiger charge is -2.39. The Balaban J connectivity index is 1.69. The maximum atomic E-state index is 13.0. The van der Waals surface area contributed by atoms with Gasteiger partial charge in [0.15, 0.2) is 0 Å². The van der Waals surface area contributed by atoms with Gasteiger partial charge in [-0.15, -0.1) is 0 Å². The first-order valence-corrected chi connectivity index (χ1v) is 10.4. The first kappa shape index (κ1) is 19.9. The predicted octanol–water partition coefficient (Wildman–Crippen LogP) is 4.18. The molecule has 2 fully saturated rings. The Bertz CT molecular complexity index is 697. The van der Waals surface area contributed by atoms with Crippen molar-refractivity contribution in [2.24, 2.45) is 11.3 Å². The summed E-state index contributed by atoms with van der Waals surface area (Å²) < 4.78 is 0. The van der Waals surface area contributed by atoms with E-state index < -0.39 is 0 Å². The molecule has 1 unspecified atom stereocenters. The number of hydrogen-bond donors (Lipinski definition) is 2. The zero-order valence-corrected chi connectivity index (χ0v) is 16.9. The van der Waals surface area contributed by atoms with Gasteiger partial charge in [-0.25, -0.2) is 0 Å². The molecule has 1 aromatic rings. The van der Waals surface area contributed by atoms with Gasteiger partial charge < -0.3 is 15.5 Å². The van der Waals surface area contributed by atoms with E-state index in [9.17, 15) is 9.59 Å². The van der Waals surface area contributed by atoms with E-state index >= 15 is 0 Å². The van der Waals surface area contributed by atoms with Crippen LogP contribution in [0.2, 0.25) is 0 Å². The van der Waals surface area contributed by atoms with Crippen molar-refractivity contribution >= 4 is 23.2 Å². The summed E-state index contributed by atoms with van der Waals surface area (Å²) in [5.74, 6) is 0.309. The molecule has 1 saturated carbocycles. The van der Waals surface area contributed by atoms with E-state index in [-0.39, 0.29) is 23.1 Å². The van der Waals surface area contributed by atoms with Crippen LogP contribution in [0, 0.1) is 18.3 Å². The summed E-state index contributed by atoms with van der Waals surface area (Å²) in [6, 6.07) is 5.73. The Kier molecular flexibility index (Phi) is 6.20. The number of piperidine rings is 1. The zero-order valence-electron chi connectivity index (χ0n) is 16.9. The Hall–Kier alpha value is -1.88. The third kappa shape index (κ3) is 4.52. The molecule has 0 bridgehead atoms. The van der Waals surface area contributed by atoms with Gasteiger partial charge in [0, 0.05) is 23.8 Å². The number of hydrogen-bond acceptors (Lipinski definition) is 3. The molecular formula is C22H33N3O2. The van der Waals surface area contributed by atoms with Crippen molar-refractivity contribution in [1.29, 1.82) is 0 Å². The lowest BCUT2D eigenvalue weighted by molar-refractivity contribution is -0.127. The molecule has 1 aromatic carbocycles. The fourth-order valence-corrected chi connectivity index (χ4v) is 4.40. The predicted molar refractivity (Wildman–Crippen MR) is 110 cm³/mol. The molecule has 2 amide bonds. The summed E-state index contributed by atoms with van der Waals surface area (Å²) in [7, 11) is 0. The van der Waals surface area contributed by atoms with Crippen LogP contribution in [0.25, 0.3) is 0 Å². The fourth-order valence-electron chi connectivity index (χ4n) is 4.40. The largest absolute Gasteiger partial charge is 0.326 e. The van der Waals surface area contributed by atoms with Gasteiger partial charge in [-0.05, 0) is 70.3 Å². The second-order valence-corrected chi connectivity index (χ2v) is 8.44. The summed E-state index contributed by atoms with van der Waals surface area (Å²) in [6.07, 6.45) is 6.20. The number of likely N-dealkylation sites (tertiary alicyclic amines) is 1. The van der Waals surface area contributed by atoms with Crippen LogP contribution in [0.1, 0.15) is 57.9 Å². The van der Waals surface area contributed by atoms with E-state index in [0.29, 0.717) is 0 Å². The molecule has 5 nitrogen and oxygen atoms in total. The minimum absolute atomic E-state index is 0.0722. The normalized spacial score (nSPS) is 24.0.